The Morgan fingerprint density at radius 1 is 1.31 bits per heavy atom. The third-order valence-electron chi connectivity index (χ3n) is 4.63. The molecule has 0 aliphatic heterocycles. The Labute approximate surface area is 168 Å². The molecule has 0 radical (unpaired) electrons. The summed E-state index contributed by atoms with van der Waals surface area (Å²) in [5, 5.41) is 23.9. The number of nitro groups is 1. The number of rotatable bonds is 3. The number of pyridine rings is 1. The third-order valence-corrected chi connectivity index (χ3v) is 4.95. The van der Waals surface area contributed by atoms with E-state index in [0.717, 1.165) is 0 Å². The molecule has 142 valence electrons. The van der Waals surface area contributed by atoms with Gasteiger partial charge in [-0.1, -0.05) is 23.7 Å². The van der Waals surface area contributed by atoms with Crippen molar-refractivity contribution in [2.24, 2.45) is 0 Å². The predicted molar refractivity (Wildman–Crippen MR) is 110 cm³/mol. The minimum absolute atomic E-state index is 0.0133. The predicted octanol–water partition coefficient (Wildman–Crippen LogP) is 3.16. The van der Waals surface area contributed by atoms with Crippen LogP contribution in [0.15, 0.2) is 47.3 Å². The number of halogens is 1. The van der Waals surface area contributed by atoms with Crippen molar-refractivity contribution in [3.63, 3.8) is 0 Å². The SMILES string of the molecule is Cc1c(C#N)c2nc3ccccc3n2c(=O)/c1=C\Nc1ccc(Cl)c([N+](=O)[O-])c1. The topological polar surface area (TPSA) is 113 Å². The zero-order valence-electron chi connectivity index (χ0n) is 15.0. The second-order valence-corrected chi connectivity index (χ2v) is 6.71. The minimum Gasteiger partial charge on any atom is -0.361 e. The van der Waals surface area contributed by atoms with Crippen molar-refractivity contribution in [1.82, 2.24) is 9.38 Å². The number of nitro benzene ring substituents is 1. The lowest BCUT2D eigenvalue weighted by Crippen LogP contribution is -2.34. The minimum atomic E-state index is -0.588. The fourth-order valence-corrected chi connectivity index (χ4v) is 3.37. The number of benzene rings is 2. The zero-order valence-corrected chi connectivity index (χ0v) is 15.8. The van der Waals surface area contributed by atoms with E-state index in [0.29, 0.717) is 27.9 Å². The highest BCUT2D eigenvalue weighted by molar-refractivity contribution is 6.32. The Morgan fingerprint density at radius 3 is 2.79 bits per heavy atom. The molecule has 8 nitrogen and oxygen atoms in total. The van der Waals surface area contributed by atoms with E-state index in [1.807, 2.05) is 0 Å². The van der Waals surface area contributed by atoms with Gasteiger partial charge >= 0.3 is 0 Å². The fraction of sp³-hybridized carbons (Fsp3) is 0.0500. The summed E-state index contributed by atoms with van der Waals surface area (Å²) in [7, 11) is 0. The largest absolute Gasteiger partial charge is 0.361 e. The van der Waals surface area contributed by atoms with Crippen LogP contribution in [0.5, 0.6) is 0 Å². The third kappa shape index (κ3) is 2.94. The first-order chi connectivity index (χ1) is 13.9. The van der Waals surface area contributed by atoms with Crippen molar-refractivity contribution in [1.29, 1.82) is 5.26 Å². The van der Waals surface area contributed by atoms with Crippen LogP contribution < -0.4 is 16.1 Å². The van der Waals surface area contributed by atoms with Gasteiger partial charge in [-0.3, -0.25) is 19.3 Å². The number of anilines is 1. The molecule has 0 unspecified atom stereocenters. The quantitative estimate of drug-likeness (QED) is 0.413. The van der Waals surface area contributed by atoms with Gasteiger partial charge in [0, 0.05) is 18.0 Å². The van der Waals surface area contributed by atoms with Gasteiger partial charge in [-0.25, -0.2) is 4.98 Å². The van der Waals surface area contributed by atoms with E-state index >= 15 is 0 Å². The molecular weight excluding hydrogens is 394 g/mol. The Hall–Kier alpha value is -3.96. The van der Waals surface area contributed by atoms with Gasteiger partial charge in [0.05, 0.1) is 26.7 Å². The summed E-state index contributed by atoms with van der Waals surface area (Å²) in [6, 6.07) is 13.5. The summed E-state index contributed by atoms with van der Waals surface area (Å²) in [5.74, 6) is 0. The van der Waals surface area contributed by atoms with Gasteiger partial charge in [-0.2, -0.15) is 5.26 Å². The molecule has 2 aromatic carbocycles. The molecule has 2 aromatic heterocycles. The van der Waals surface area contributed by atoms with Crippen LogP contribution in [0.1, 0.15) is 11.1 Å². The molecule has 0 bridgehead atoms. The molecule has 29 heavy (non-hydrogen) atoms. The van der Waals surface area contributed by atoms with E-state index in [1.165, 1.54) is 22.7 Å². The van der Waals surface area contributed by atoms with Crippen molar-refractivity contribution in [2.75, 3.05) is 5.32 Å². The van der Waals surface area contributed by atoms with Crippen molar-refractivity contribution in [3.05, 3.63) is 84.3 Å². The van der Waals surface area contributed by atoms with Gasteiger partial charge in [0.1, 0.15) is 11.1 Å². The molecule has 0 atom stereocenters. The van der Waals surface area contributed by atoms with E-state index in [9.17, 15) is 20.2 Å². The van der Waals surface area contributed by atoms with Crippen molar-refractivity contribution < 1.29 is 4.92 Å². The van der Waals surface area contributed by atoms with Gasteiger partial charge in [0.2, 0.25) is 0 Å². The highest BCUT2D eigenvalue weighted by Gasteiger charge is 2.16. The van der Waals surface area contributed by atoms with E-state index < -0.39 is 4.92 Å². The van der Waals surface area contributed by atoms with Crippen LogP contribution >= 0.6 is 11.6 Å². The number of nitriles is 1. The Kier molecular flexibility index (Phi) is 4.37. The second-order valence-electron chi connectivity index (χ2n) is 6.30. The first-order valence-electron chi connectivity index (χ1n) is 8.47. The highest BCUT2D eigenvalue weighted by atomic mass is 35.5. The van der Waals surface area contributed by atoms with Crippen molar-refractivity contribution in [2.45, 2.75) is 6.92 Å². The van der Waals surface area contributed by atoms with E-state index in [4.69, 9.17) is 11.6 Å². The van der Waals surface area contributed by atoms with Crippen LogP contribution in [-0.4, -0.2) is 14.3 Å². The molecule has 0 fully saturated rings. The van der Waals surface area contributed by atoms with Gasteiger partial charge in [0.15, 0.2) is 5.65 Å². The van der Waals surface area contributed by atoms with Gasteiger partial charge in [-0.15, -0.1) is 0 Å². The molecule has 0 saturated heterocycles. The van der Waals surface area contributed by atoms with Crippen LogP contribution in [0.25, 0.3) is 22.9 Å². The molecule has 0 amide bonds. The van der Waals surface area contributed by atoms with Crippen LogP contribution in [-0.2, 0) is 0 Å². The van der Waals surface area contributed by atoms with Crippen molar-refractivity contribution in [3.8, 4) is 6.07 Å². The summed E-state index contributed by atoms with van der Waals surface area (Å²) in [5.41, 5.74) is 2.05. The number of aromatic nitrogens is 2. The Morgan fingerprint density at radius 2 is 2.07 bits per heavy atom. The number of para-hydroxylation sites is 2. The summed E-state index contributed by atoms with van der Waals surface area (Å²) in [6.45, 7) is 1.66. The molecule has 0 aliphatic rings. The zero-order chi connectivity index (χ0) is 20.7. The van der Waals surface area contributed by atoms with E-state index in [2.05, 4.69) is 16.4 Å². The maximum atomic E-state index is 13.2. The summed E-state index contributed by atoms with van der Waals surface area (Å²) >= 11 is 5.83. The average Bonchev–Trinajstić information content (AvgIpc) is 3.08. The van der Waals surface area contributed by atoms with E-state index in [1.54, 1.807) is 37.3 Å². The maximum Gasteiger partial charge on any atom is 0.289 e. The lowest BCUT2D eigenvalue weighted by atomic mass is 10.1. The molecular formula is C20H12ClN5O3. The van der Waals surface area contributed by atoms with Crippen LogP contribution in [0, 0.1) is 28.4 Å². The molecule has 4 aromatic rings. The van der Waals surface area contributed by atoms with Crippen LogP contribution in [0.3, 0.4) is 0 Å². The van der Waals surface area contributed by atoms with Gasteiger partial charge < -0.3 is 5.32 Å². The smallest absolute Gasteiger partial charge is 0.289 e. The molecule has 1 N–H and O–H groups in total. The molecule has 0 aliphatic carbocycles. The normalized spacial score (nSPS) is 11.7. The molecule has 4 rings (SSSR count). The summed E-state index contributed by atoms with van der Waals surface area (Å²) in [4.78, 5) is 28.1. The molecule has 2 heterocycles. The number of imidazole rings is 1. The number of hydrogen-bond acceptors (Lipinski definition) is 6. The van der Waals surface area contributed by atoms with Crippen LogP contribution in [0.2, 0.25) is 5.02 Å². The van der Waals surface area contributed by atoms with Gasteiger partial charge in [-0.05, 0) is 36.8 Å². The molecule has 9 heteroatoms. The number of hydrogen-bond donors (Lipinski definition) is 1. The number of nitrogens with zero attached hydrogens (tertiary/aromatic N) is 4. The maximum absolute atomic E-state index is 13.2. The second kappa shape index (κ2) is 6.89. The first-order valence-corrected chi connectivity index (χ1v) is 8.84. The Balaban J connectivity index is 1.96. The monoisotopic (exact) mass is 405 g/mol. The highest BCUT2D eigenvalue weighted by Crippen LogP contribution is 2.27. The fourth-order valence-electron chi connectivity index (χ4n) is 3.18. The molecule has 0 spiro atoms. The standard InChI is InChI=1S/C20H12ClN5O3/c1-11-13(9-22)19-24-16-4-2-3-5-17(16)25(19)20(27)14(11)10-23-12-6-7-15(21)18(8-12)26(28)29/h2-8,10,23H,1H3/b14-10-. The van der Waals surface area contributed by atoms with Crippen LogP contribution in [0.4, 0.5) is 11.4 Å². The number of nitrogens with one attached hydrogen (secondary N) is 1. The Bertz CT molecular complexity index is 1470. The van der Waals surface area contributed by atoms with Crippen molar-refractivity contribution >= 4 is 45.9 Å². The lowest BCUT2D eigenvalue weighted by Gasteiger charge is -2.05. The van der Waals surface area contributed by atoms with E-state index in [-0.39, 0.29) is 27.1 Å². The lowest BCUT2D eigenvalue weighted by molar-refractivity contribution is -0.384. The molecule has 0 saturated carbocycles. The summed E-state index contributed by atoms with van der Waals surface area (Å²) in [6.07, 6.45) is 1.43. The summed E-state index contributed by atoms with van der Waals surface area (Å²) < 4.78 is 1.40. The average molecular weight is 406 g/mol. The first kappa shape index (κ1) is 18.4. The number of fused-ring (bicyclic) bond motifs is 3. The van der Waals surface area contributed by atoms with Gasteiger partial charge in [0.25, 0.3) is 11.2 Å².